The van der Waals surface area contributed by atoms with Crippen molar-refractivity contribution in [1.29, 1.82) is 0 Å². The first-order valence-electron chi connectivity index (χ1n) is 6.79. The number of quaternary nitrogens is 1. The van der Waals surface area contributed by atoms with Crippen molar-refractivity contribution in [2.75, 3.05) is 26.7 Å². The molecule has 0 aromatic heterocycles. The molecule has 0 aliphatic carbocycles. The fourth-order valence-corrected chi connectivity index (χ4v) is 1.96. The molecule has 106 valence electrons. The maximum absolute atomic E-state index is 11.9. The molecule has 0 unspecified atom stereocenters. The molecule has 0 fully saturated rings. The smallest absolute Gasteiger partial charge is 0.338 e. The van der Waals surface area contributed by atoms with E-state index in [-0.39, 0.29) is 12.1 Å². The van der Waals surface area contributed by atoms with Crippen molar-refractivity contribution in [3.8, 4) is 5.75 Å². The van der Waals surface area contributed by atoms with Crippen LogP contribution < -0.4 is 9.64 Å². The average molecular weight is 266 g/mol. The van der Waals surface area contributed by atoms with E-state index in [0.717, 1.165) is 25.4 Å². The minimum absolute atomic E-state index is 0.0792. The third-order valence-corrected chi connectivity index (χ3v) is 3.21. The largest absolute Gasteiger partial charge is 0.497 e. The van der Waals surface area contributed by atoms with Gasteiger partial charge in [-0.15, -0.1) is 0 Å². The summed E-state index contributed by atoms with van der Waals surface area (Å²) >= 11 is 0. The number of nitrogens with one attached hydrogen (secondary N) is 1. The molecule has 0 saturated carbocycles. The van der Waals surface area contributed by atoms with Crippen molar-refractivity contribution in [3.63, 3.8) is 0 Å². The van der Waals surface area contributed by atoms with Crippen molar-refractivity contribution < 1.29 is 19.2 Å². The van der Waals surface area contributed by atoms with Crippen LogP contribution in [0.3, 0.4) is 0 Å². The Bertz CT molecular complexity index is 385. The van der Waals surface area contributed by atoms with Gasteiger partial charge in [0.2, 0.25) is 0 Å². The van der Waals surface area contributed by atoms with E-state index in [1.165, 1.54) is 4.90 Å². The zero-order valence-electron chi connectivity index (χ0n) is 12.2. The molecule has 1 N–H and O–H groups in total. The van der Waals surface area contributed by atoms with Gasteiger partial charge in [-0.3, -0.25) is 0 Å². The zero-order chi connectivity index (χ0) is 14.3. The van der Waals surface area contributed by atoms with Gasteiger partial charge >= 0.3 is 5.97 Å². The van der Waals surface area contributed by atoms with E-state index in [2.05, 4.69) is 13.8 Å². The summed E-state index contributed by atoms with van der Waals surface area (Å²) in [6.45, 7) is 9.14. The Kier molecular flexibility index (Phi) is 6.36. The molecule has 4 nitrogen and oxygen atoms in total. The molecule has 0 radical (unpaired) electrons. The fraction of sp³-hybridized carbons (Fsp3) is 0.533. The lowest BCUT2D eigenvalue weighted by Gasteiger charge is -2.20. The quantitative estimate of drug-likeness (QED) is 0.753. The van der Waals surface area contributed by atoms with Gasteiger partial charge in [-0.05, 0) is 45.0 Å². The molecular formula is C15H24NO3+. The van der Waals surface area contributed by atoms with E-state index in [0.29, 0.717) is 5.56 Å². The SMILES string of the molecule is CC[NH+](CC)C[C@H](C)OC(=O)c1ccc(OC)cc1. The summed E-state index contributed by atoms with van der Waals surface area (Å²) in [7, 11) is 1.60. The van der Waals surface area contributed by atoms with Crippen molar-refractivity contribution >= 4 is 5.97 Å². The molecule has 4 heteroatoms. The molecule has 0 heterocycles. The van der Waals surface area contributed by atoms with Gasteiger partial charge in [0.15, 0.2) is 0 Å². The van der Waals surface area contributed by atoms with E-state index in [1.807, 2.05) is 6.92 Å². The molecule has 1 aromatic rings. The number of benzene rings is 1. The monoisotopic (exact) mass is 266 g/mol. The Balaban J connectivity index is 2.53. The number of ether oxygens (including phenoxy) is 2. The lowest BCUT2D eigenvalue weighted by atomic mass is 10.2. The molecule has 19 heavy (non-hydrogen) atoms. The summed E-state index contributed by atoms with van der Waals surface area (Å²) in [5.41, 5.74) is 0.558. The Morgan fingerprint density at radius 2 is 1.79 bits per heavy atom. The van der Waals surface area contributed by atoms with Gasteiger partial charge in [0.05, 0.1) is 25.8 Å². The third kappa shape index (κ3) is 4.91. The number of methoxy groups -OCH3 is 1. The third-order valence-electron chi connectivity index (χ3n) is 3.21. The predicted octanol–water partition coefficient (Wildman–Crippen LogP) is 1.17. The molecule has 0 aliphatic heterocycles. The first kappa shape index (κ1) is 15.5. The molecule has 0 amide bonds. The predicted molar refractivity (Wildman–Crippen MR) is 74.8 cm³/mol. The standard InChI is InChI=1S/C15H23NO3/c1-5-16(6-2)11-12(3)19-15(17)13-7-9-14(18-4)10-8-13/h7-10,12H,5-6,11H2,1-4H3/p+1/t12-/m0/s1. The summed E-state index contributed by atoms with van der Waals surface area (Å²) in [6.07, 6.45) is -0.0792. The summed E-state index contributed by atoms with van der Waals surface area (Å²) in [5.74, 6) is 0.457. The number of likely N-dealkylation sites (N-methyl/N-ethyl adjacent to an activating group) is 1. The van der Waals surface area contributed by atoms with Crippen LogP contribution in [0, 0.1) is 0 Å². The lowest BCUT2D eigenvalue weighted by Crippen LogP contribution is -3.12. The Morgan fingerprint density at radius 3 is 2.26 bits per heavy atom. The second kappa shape index (κ2) is 7.79. The molecule has 1 aromatic carbocycles. The highest BCUT2D eigenvalue weighted by Gasteiger charge is 2.16. The van der Waals surface area contributed by atoms with Crippen molar-refractivity contribution in [3.05, 3.63) is 29.8 Å². The Morgan fingerprint density at radius 1 is 1.21 bits per heavy atom. The van der Waals surface area contributed by atoms with Crippen LogP contribution in [-0.4, -0.2) is 38.8 Å². The Hall–Kier alpha value is -1.55. The van der Waals surface area contributed by atoms with E-state index in [9.17, 15) is 4.79 Å². The number of hydrogen-bond donors (Lipinski definition) is 1. The maximum Gasteiger partial charge on any atom is 0.338 e. The van der Waals surface area contributed by atoms with Crippen molar-refractivity contribution in [1.82, 2.24) is 0 Å². The molecule has 0 bridgehead atoms. The number of carbonyl (C=O) groups excluding carboxylic acids is 1. The van der Waals surface area contributed by atoms with Crippen LogP contribution in [0.5, 0.6) is 5.75 Å². The molecule has 0 aliphatic rings. The van der Waals surface area contributed by atoms with Gasteiger partial charge in [-0.1, -0.05) is 0 Å². The van der Waals surface area contributed by atoms with E-state index in [1.54, 1.807) is 31.4 Å². The van der Waals surface area contributed by atoms with E-state index >= 15 is 0 Å². The summed E-state index contributed by atoms with van der Waals surface area (Å²) in [6, 6.07) is 6.96. The number of rotatable bonds is 7. The lowest BCUT2D eigenvalue weighted by molar-refractivity contribution is -0.899. The van der Waals surface area contributed by atoms with Gasteiger partial charge in [-0.25, -0.2) is 4.79 Å². The van der Waals surface area contributed by atoms with Gasteiger partial charge < -0.3 is 14.4 Å². The highest BCUT2D eigenvalue weighted by Crippen LogP contribution is 2.12. The highest BCUT2D eigenvalue weighted by molar-refractivity contribution is 5.89. The topological polar surface area (TPSA) is 40.0 Å². The van der Waals surface area contributed by atoms with Crippen LogP contribution in [0.25, 0.3) is 0 Å². The molecular weight excluding hydrogens is 242 g/mol. The molecule has 0 saturated heterocycles. The summed E-state index contributed by atoms with van der Waals surface area (Å²) in [5, 5.41) is 0. The van der Waals surface area contributed by atoms with Gasteiger partial charge in [0.25, 0.3) is 0 Å². The summed E-state index contributed by atoms with van der Waals surface area (Å²) in [4.78, 5) is 13.4. The molecule has 1 atom stereocenters. The number of carbonyl (C=O) groups is 1. The minimum atomic E-state index is -0.276. The second-order valence-electron chi connectivity index (χ2n) is 4.61. The van der Waals surface area contributed by atoms with Crippen LogP contribution in [-0.2, 0) is 4.74 Å². The van der Waals surface area contributed by atoms with Gasteiger partial charge in [0.1, 0.15) is 18.4 Å². The van der Waals surface area contributed by atoms with Crippen LogP contribution >= 0.6 is 0 Å². The Labute approximate surface area is 115 Å². The minimum Gasteiger partial charge on any atom is -0.497 e. The normalized spacial score (nSPS) is 12.3. The van der Waals surface area contributed by atoms with Gasteiger partial charge in [0, 0.05) is 0 Å². The first-order valence-corrected chi connectivity index (χ1v) is 6.79. The first-order chi connectivity index (χ1) is 9.10. The van der Waals surface area contributed by atoms with Crippen LogP contribution in [0.1, 0.15) is 31.1 Å². The van der Waals surface area contributed by atoms with Crippen molar-refractivity contribution in [2.45, 2.75) is 26.9 Å². The molecule has 0 spiro atoms. The van der Waals surface area contributed by atoms with E-state index in [4.69, 9.17) is 9.47 Å². The highest BCUT2D eigenvalue weighted by atomic mass is 16.5. The summed E-state index contributed by atoms with van der Waals surface area (Å²) < 4.78 is 10.5. The van der Waals surface area contributed by atoms with E-state index < -0.39 is 0 Å². The van der Waals surface area contributed by atoms with Crippen molar-refractivity contribution in [2.24, 2.45) is 0 Å². The maximum atomic E-state index is 11.9. The van der Waals surface area contributed by atoms with Crippen LogP contribution in [0.15, 0.2) is 24.3 Å². The van der Waals surface area contributed by atoms with Crippen LogP contribution in [0.2, 0.25) is 0 Å². The number of esters is 1. The second-order valence-corrected chi connectivity index (χ2v) is 4.61. The van der Waals surface area contributed by atoms with Crippen LogP contribution in [0.4, 0.5) is 0 Å². The number of hydrogen-bond acceptors (Lipinski definition) is 3. The average Bonchev–Trinajstić information content (AvgIpc) is 2.44. The zero-order valence-corrected chi connectivity index (χ0v) is 12.2. The fourth-order valence-electron chi connectivity index (χ4n) is 1.96. The molecule has 1 rings (SSSR count). The van der Waals surface area contributed by atoms with Gasteiger partial charge in [-0.2, -0.15) is 0 Å².